The molecule has 4 aromatic rings. The van der Waals surface area contributed by atoms with Crippen LogP contribution in [0.2, 0.25) is 0 Å². The number of hydrogen-bond donors (Lipinski definition) is 4. The van der Waals surface area contributed by atoms with Crippen molar-refractivity contribution < 1.29 is 8.78 Å². The molecule has 2 aliphatic heterocycles. The molecule has 2 fully saturated rings. The van der Waals surface area contributed by atoms with Crippen LogP contribution >= 0.6 is 0 Å². The van der Waals surface area contributed by atoms with Gasteiger partial charge in [0.1, 0.15) is 11.6 Å². The molecule has 6 nitrogen and oxygen atoms in total. The lowest BCUT2D eigenvalue weighted by Gasteiger charge is -2.07. The van der Waals surface area contributed by atoms with E-state index in [1.807, 2.05) is 18.3 Å². The molecule has 2 aliphatic rings. The van der Waals surface area contributed by atoms with Crippen molar-refractivity contribution in [3.63, 3.8) is 0 Å². The van der Waals surface area contributed by atoms with Gasteiger partial charge >= 0.3 is 0 Å². The second-order valence-electron chi connectivity index (χ2n) is 9.16. The summed E-state index contributed by atoms with van der Waals surface area (Å²) in [4.78, 5) is 15.5. The SMILES string of the molecule is FC1(F)CN[C@H](c2ncc(-c3ccc(-c4ccc(-c5cnc([C@@H]6CCCN6)[nH]5)cc4)cc3)[nH]2)C1. The molecule has 0 radical (unpaired) electrons. The molecule has 0 saturated carbocycles. The van der Waals surface area contributed by atoms with Gasteiger partial charge in [0.25, 0.3) is 5.92 Å². The molecule has 0 amide bonds. The van der Waals surface area contributed by atoms with E-state index in [0.29, 0.717) is 11.9 Å². The first-order valence-electron chi connectivity index (χ1n) is 11.7. The second-order valence-corrected chi connectivity index (χ2v) is 9.16. The third-order valence-corrected chi connectivity index (χ3v) is 6.75. The lowest BCUT2D eigenvalue weighted by molar-refractivity contribution is 0.0208. The number of benzene rings is 2. The van der Waals surface area contributed by atoms with Crippen LogP contribution in [0.3, 0.4) is 0 Å². The molecule has 2 aromatic carbocycles. The molecule has 34 heavy (non-hydrogen) atoms. The molecule has 8 heteroatoms. The van der Waals surface area contributed by atoms with Gasteiger partial charge in [0.05, 0.1) is 42.4 Å². The van der Waals surface area contributed by atoms with E-state index in [0.717, 1.165) is 52.4 Å². The van der Waals surface area contributed by atoms with E-state index < -0.39 is 12.0 Å². The maximum absolute atomic E-state index is 13.5. The number of nitrogens with one attached hydrogen (secondary N) is 4. The smallest absolute Gasteiger partial charge is 0.262 e. The monoisotopic (exact) mass is 460 g/mol. The molecular formula is C26H26F2N6. The Kier molecular flexibility index (Phi) is 5.27. The summed E-state index contributed by atoms with van der Waals surface area (Å²) in [5, 5.41) is 6.31. The van der Waals surface area contributed by atoms with E-state index in [4.69, 9.17) is 0 Å². The molecule has 0 aliphatic carbocycles. The van der Waals surface area contributed by atoms with Crippen LogP contribution in [0.5, 0.6) is 0 Å². The molecule has 2 atom stereocenters. The number of H-pyrrole nitrogens is 2. The predicted molar refractivity (Wildman–Crippen MR) is 127 cm³/mol. The highest BCUT2D eigenvalue weighted by atomic mass is 19.3. The van der Waals surface area contributed by atoms with Crippen LogP contribution in [0.1, 0.15) is 43.0 Å². The van der Waals surface area contributed by atoms with Crippen molar-refractivity contribution in [1.82, 2.24) is 30.6 Å². The van der Waals surface area contributed by atoms with Crippen molar-refractivity contribution in [2.75, 3.05) is 13.1 Å². The number of aromatic amines is 2. The summed E-state index contributed by atoms with van der Waals surface area (Å²) in [5.74, 6) is -1.12. The van der Waals surface area contributed by atoms with Gasteiger partial charge in [0.15, 0.2) is 0 Å². The number of hydrogen-bond acceptors (Lipinski definition) is 4. The molecule has 4 heterocycles. The summed E-state index contributed by atoms with van der Waals surface area (Å²) < 4.78 is 27.0. The van der Waals surface area contributed by atoms with Gasteiger partial charge in [-0.2, -0.15) is 0 Å². The highest BCUT2D eigenvalue weighted by Crippen LogP contribution is 2.34. The molecular weight excluding hydrogens is 434 g/mol. The zero-order valence-corrected chi connectivity index (χ0v) is 18.6. The number of halogens is 2. The quantitative estimate of drug-likeness (QED) is 0.329. The molecule has 2 saturated heterocycles. The standard InChI is InChI=1S/C26H26F2N6/c27-26(28)12-21(32-15-26)25-31-14-23(34-25)19-9-5-17(6-10-19)16-3-7-18(8-4-16)22-13-30-24(33-22)20-2-1-11-29-20/h3-10,13-14,20-21,29,32H,1-2,11-12,15H2,(H,30,33)(H,31,34)/t20-,21-/m0/s1. The molecule has 6 rings (SSSR count). The summed E-state index contributed by atoms with van der Waals surface area (Å²) in [6, 6.07) is 16.5. The van der Waals surface area contributed by atoms with Crippen LogP contribution in [-0.4, -0.2) is 38.9 Å². The molecule has 0 bridgehead atoms. The van der Waals surface area contributed by atoms with E-state index in [-0.39, 0.29) is 13.0 Å². The van der Waals surface area contributed by atoms with Crippen LogP contribution in [0.25, 0.3) is 33.6 Å². The number of aromatic nitrogens is 4. The van der Waals surface area contributed by atoms with Crippen molar-refractivity contribution in [3.05, 3.63) is 72.6 Å². The summed E-state index contributed by atoms with van der Waals surface area (Å²) >= 11 is 0. The second kappa shape index (κ2) is 8.45. The summed E-state index contributed by atoms with van der Waals surface area (Å²) in [5.41, 5.74) is 6.14. The summed E-state index contributed by atoms with van der Waals surface area (Å²) in [6.07, 6.45) is 5.69. The van der Waals surface area contributed by atoms with E-state index in [1.54, 1.807) is 6.20 Å². The molecule has 174 valence electrons. The first-order valence-corrected chi connectivity index (χ1v) is 11.7. The largest absolute Gasteiger partial charge is 0.341 e. The van der Waals surface area contributed by atoms with Gasteiger partial charge in [-0.15, -0.1) is 0 Å². The highest BCUT2D eigenvalue weighted by molar-refractivity contribution is 5.71. The molecule has 0 spiro atoms. The number of imidazole rings is 2. The van der Waals surface area contributed by atoms with Gasteiger partial charge in [0.2, 0.25) is 0 Å². The van der Waals surface area contributed by atoms with Gasteiger partial charge in [-0.3, -0.25) is 0 Å². The van der Waals surface area contributed by atoms with Gasteiger partial charge in [0, 0.05) is 6.42 Å². The average Bonchev–Trinajstić information content (AvgIpc) is 3.66. The Bertz CT molecular complexity index is 1270. The van der Waals surface area contributed by atoms with Gasteiger partial charge < -0.3 is 20.6 Å². The zero-order valence-electron chi connectivity index (χ0n) is 18.6. The number of rotatable bonds is 5. The third-order valence-electron chi connectivity index (χ3n) is 6.75. The minimum Gasteiger partial charge on any atom is -0.341 e. The fraction of sp³-hybridized carbons (Fsp3) is 0.308. The Morgan fingerprint density at radius 3 is 1.71 bits per heavy atom. The van der Waals surface area contributed by atoms with Crippen LogP contribution < -0.4 is 10.6 Å². The van der Waals surface area contributed by atoms with Gasteiger partial charge in [-0.25, -0.2) is 18.7 Å². The lowest BCUT2D eigenvalue weighted by atomic mass is 10.0. The number of alkyl halides is 2. The topological polar surface area (TPSA) is 81.4 Å². The van der Waals surface area contributed by atoms with Gasteiger partial charge in [-0.1, -0.05) is 48.5 Å². The fourth-order valence-electron chi connectivity index (χ4n) is 4.83. The van der Waals surface area contributed by atoms with Crippen LogP contribution in [0, 0.1) is 0 Å². The van der Waals surface area contributed by atoms with E-state index >= 15 is 0 Å². The van der Waals surface area contributed by atoms with Crippen molar-refractivity contribution in [1.29, 1.82) is 0 Å². The Balaban J connectivity index is 1.15. The number of nitrogens with zero attached hydrogens (tertiary/aromatic N) is 2. The minimum absolute atomic E-state index is 0.230. The Hall–Kier alpha value is -3.36. The highest BCUT2D eigenvalue weighted by Gasteiger charge is 2.40. The van der Waals surface area contributed by atoms with Crippen molar-refractivity contribution in [2.45, 2.75) is 37.3 Å². The van der Waals surface area contributed by atoms with Crippen LogP contribution in [0.4, 0.5) is 8.78 Å². The predicted octanol–water partition coefficient (Wildman–Crippen LogP) is 5.23. The normalized spacial score (nSPS) is 21.8. The molecule has 2 aromatic heterocycles. The fourth-order valence-corrected chi connectivity index (χ4v) is 4.83. The summed E-state index contributed by atoms with van der Waals surface area (Å²) in [6.45, 7) is 0.743. The third kappa shape index (κ3) is 4.15. The zero-order chi connectivity index (χ0) is 23.1. The minimum atomic E-state index is -2.68. The van der Waals surface area contributed by atoms with E-state index in [1.165, 1.54) is 6.42 Å². The van der Waals surface area contributed by atoms with E-state index in [9.17, 15) is 8.78 Å². The Morgan fingerprint density at radius 1 is 0.706 bits per heavy atom. The first-order chi connectivity index (χ1) is 16.5. The van der Waals surface area contributed by atoms with Crippen molar-refractivity contribution in [2.24, 2.45) is 0 Å². The van der Waals surface area contributed by atoms with Crippen LogP contribution in [0.15, 0.2) is 60.9 Å². The van der Waals surface area contributed by atoms with E-state index in [2.05, 4.69) is 67.0 Å². The first kappa shape index (κ1) is 21.2. The lowest BCUT2D eigenvalue weighted by Crippen LogP contribution is -2.19. The van der Waals surface area contributed by atoms with Crippen molar-refractivity contribution in [3.8, 4) is 33.6 Å². The summed E-state index contributed by atoms with van der Waals surface area (Å²) in [7, 11) is 0. The Labute approximate surface area is 196 Å². The molecule has 0 unspecified atom stereocenters. The molecule has 4 N–H and O–H groups in total. The van der Waals surface area contributed by atoms with Crippen LogP contribution in [-0.2, 0) is 0 Å². The maximum atomic E-state index is 13.5. The van der Waals surface area contributed by atoms with Gasteiger partial charge in [-0.05, 0) is 41.6 Å². The average molecular weight is 461 g/mol. The Morgan fingerprint density at radius 2 is 1.24 bits per heavy atom. The van der Waals surface area contributed by atoms with Crippen molar-refractivity contribution >= 4 is 0 Å². The maximum Gasteiger partial charge on any atom is 0.262 e.